The second-order valence-electron chi connectivity index (χ2n) is 13.4. The second kappa shape index (κ2) is 11.5. The molecule has 0 radical (unpaired) electrons. The summed E-state index contributed by atoms with van der Waals surface area (Å²) in [6, 6.07) is 0.539. The van der Waals surface area contributed by atoms with Crippen molar-refractivity contribution in [3.63, 3.8) is 0 Å². The Balaban J connectivity index is 1.28. The topological polar surface area (TPSA) is 144 Å². The first-order chi connectivity index (χ1) is 22.0. The van der Waals surface area contributed by atoms with E-state index < -0.39 is 41.9 Å². The van der Waals surface area contributed by atoms with Crippen molar-refractivity contribution in [2.24, 2.45) is 24.3 Å². The number of aromatic nitrogens is 7. The van der Waals surface area contributed by atoms with Crippen LogP contribution in [0.25, 0.3) is 0 Å². The van der Waals surface area contributed by atoms with Crippen LogP contribution >= 0.6 is 11.6 Å². The summed E-state index contributed by atoms with van der Waals surface area (Å²) in [5.41, 5.74) is -0.294. The number of ether oxygens (including phenoxy) is 1. The highest BCUT2D eigenvalue weighted by Gasteiger charge is 2.59. The predicted octanol–water partition coefficient (Wildman–Crippen LogP) is 4.13. The molecule has 7 rings (SSSR count). The molecule has 2 amide bonds. The highest BCUT2D eigenvalue weighted by molar-refractivity contribution is 6.31. The Morgan fingerprint density at radius 3 is 2.83 bits per heavy atom. The van der Waals surface area contributed by atoms with Gasteiger partial charge in [-0.3, -0.25) is 9.59 Å². The quantitative estimate of drug-likeness (QED) is 0.367. The average Bonchev–Trinajstić information content (AvgIpc) is 3.45. The van der Waals surface area contributed by atoms with Crippen LogP contribution in [0.15, 0.2) is 6.07 Å². The van der Waals surface area contributed by atoms with Crippen LogP contribution in [0.1, 0.15) is 92.7 Å². The van der Waals surface area contributed by atoms with Crippen LogP contribution in [0, 0.1) is 23.1 Å². The molecule has 3 fully saturated rings. The Labute approximate surface area is 267 Å². The lowest BCUT2D eigenvalue weighted by Gasteiger charge is -2.45. The summed E-state index contributed by atoms with van der Waals surface area (Å²) >= 11 is 6.65. The number of carbonyl (C=O) groups is 2. The fraction of sp³-hybridized carbons (Fsp3) is 0.633. The molecule has 3 aromatic rings. The number of halogens is 4. The molecule has 46 heavy (non-hydrogen) atoms. The smallest absolute Gasteiger partial charge is 0.282 e. The van der Waals surface area contributed by atoms with Crippen LogP contribution in [-0.4, -0.2) is 65.4 Å². The average molecular weight is 662 g/mol. The van der Waals surface area contributed by atoms with E-state index in [0.717, 1.165) is 23.9 Å². The van der Waals surface area contributed by atoms with Crippen molar-refractivity contribution in [1.29, 1.82) is 0 Å². The lowest BCUT2D eigenvalue weighted by molar-refractivity contribution is -0.143. The van der Waals surface area contributed by atoms with Crippen LogP contribution in [0.5, 0.6) is 5.75 Å². The van der Waals surface area contributed by atoms with Gasteiger partial charge in [0, 0.05) is 42.6 Å². The molecule has 2 aromatic heterocycles. The predicted molar refractivity (Wildman–Crippen MR) is 156 cm³/mol. The van der Waals surface area contributed by atoms with Crippen molar-refractivity contribution in [1.82, 2.24) is 45.8 Å². The Kier molecular flexibility index (Phi) is 7.72. The minimum Gasteiger partial charge on any atom is -0.484 e. The largest absolute Gasteiger partial charge is 0.484 e. The number of nitrogens with one attached hydrogen (secondary N) is 2. The Hall–Kier alpha value is -3.75. The van der Waals surface area contributed by atoms with Crippen molar-refractivity contribution in [2.75, 3.05) is 13.1 Å². The number of hydrogen-bond donors (Lipinski definition) is 2. The maximum absolute atomic E-state index is 15.9. The van der Waals surface area contributed by atoms with E-state index in [4.69, 9.17) is 16.3 Å². The number of carbonyl (C=O) groups excluding carboxylic acids is 2. The first-order valence-electron chi connectivity index (χ1n) is 15.6. The maximum Gasteiger partial charge on any atom is 0.282 e. The van der Waals surface area contributed by atoms with Crippen molar-refractivity contribution >= 4 is 23.4 Å². The third-order valence-corrected chi connectivity index (χ3v) is 11.2. The van der Waals surface area contributed by atoms with E-state index in [2.05, 4.69) is 36.3 Å². The van der Waals surface area contributed by atoms with Crippen molar-refractivity contribution < 1.29 is 27.5 Å². The molecule has 2 unspecified atom stereocenters. The van der Waals surface area contributed by atoms with Crippen molar-refractivity contribution in [3.8, 4) is 5.75 Å². The first-order valence-corrected chi connectivity index (χ1v) is 16.0. The minimum absolute atomic E-state index is 0.00460. The SMILES string of the molecule is Cn1nnc(COc2c(F)cc(Cl)c3c2[C@H](CC2CC24CNC(=O)C4)N(C(=O)[C@@H]2CCCC[C@]2(C)c2nnn[nH]2)CC3)c1C(F)F. The van der Waals surface area contributed by atoms with E-state index in [-0.39, 0.29) is 39.6 Å². The van der Waals surface area contributed by atoms with Crippen molar-refractivity contribution in [3.05, 3.63) is 45.2 Å². The Morgan fingerprint density at radius 2 is 2.11 bits per heavy atom. The lowest BCUT2D eigenvalue weighted by atomic mass is 9.66. The normalized spacial score (nSPS) is 28.9. The van der Waals surface area contributed by atoms with E-state index in [1.54, 1.807) is 0 Å². The van der Waals surface area contributed by atoms with Gasteiger partial charge in [-0.2, -0.15) is 0 Å². The highest BCUT2D eigenvalue weighted by atomic mass is 35.5. The van der Waals surface area contributed by atoms with Crippen LogP contribution in [-0.2, 0) is 35.1 Å². The molecule has 4 heterocycles. The molecule has 16 heteroatoms. The summed E-state index contributed by atoms with van der Waals surface area (Å²) in [5, 5.41) is 25.3. The molecule has 1 saturated heterocycles. The highest BCUT2D eigenvalue weighted by Crippen LogP contribution is 2.61. The van der Waals surface area contributed by atoms with E-state index in [1.807, 2.05) is 11.8 Å². The van der Waals surface area contributed by atoms with Gasteiger partial charge in [-0.1, -0.05) is 36.6 Å². The van der Waals surface area contributed by atoms with Gasteiger partial charge in [0.15, 0.2) is 17.4 Å². The van der Waals surface area contributed by atoms with Crippen LogP contribution in [0.4, 0.5) is 13.2 Å². The van der Waals surface area contributed by atoms with E-state index in [0.29, 0.717) is 62.1 Å². The number of H-pyrrole nitrogens is 1. The number of aryl methyl sites for hydroxylation is 1. The van der Waals surface area contributed by atoms with Gasteiger partial charge < -0.3 is 15.0 Å². The zero-order valence-electron chi connectivity index (χ0n) is 25.5. The zero-order valence-corrected chi connectivity index (χ0v) is 26.3. The summed E-state index contributed by atoms with van der Waals surface area (Å²) in [4.78, 5) is 28.7. The molecule has 2 N–H and O–H groups in total. The molecule has 2 aliphatic heterocycles. The molecular weight excluding hydrogens is 627 g/mol. The minimum atomic E-state index is -2.86. The molecule has 12 nitrogen and oxygen atoms in total. The van der Waals surface area contributed by atoms with Crippen molar-refractivity contribution in [2.45, 2.75) is 82.8 Å². The van der Waals surface area contributed by atoms with Crippen LogP contribution < -0.4 is 10.1 Å². The van der Waals surface area contributed by atoms with E-state index in [1.165, 1.54) is 13.1 Å². The summed E-state index contributed by atoms with van der Waals surface area (Å²) in [6.45, 7) is 2.45. The molecule has 2 aliphatic carbocycles. The lowest BCUT2D eigenvalue weighted by Crippen LogP contribution is -2.50. The third-order valence-electron chi connectivity index (χ3n) is 10.8. The number of rotatable bonds is 8. The standard InChI is InChI=1S/C30H35ClF3N9O3/c1-29(28-37-39-40-38-28)7-4-3-5-17(29)27(45)43-8-6-16-18(31)10-19(32)25(46-13-20-24(26(33)34)42(2)41-36-20)23(16)21(43)9-15-11-30(15)12-22(44)35-14-30/h10,15,17,21,26H,3-9,11-14H2,1-2H3,(H,35,44)(H,37,38,39,40)/t15?,17-,21-,29-,30?/m0/s1. The number of nitrogens with zero attached hydrogens (tertiary/aromatic N) is 7. The third kappa shape index (κ3) is 5.10. The fourth-order valence-corrected chi connectivity index (χ4v) is 8.48. The number of aromatic amines is 1. The summed E-state index contributed by atoms with van der Waals surface area (Å²) in [5.74, 6) is -0.801. The number of tetrazole rings is 1. The van der Waals surface area contributed by atoms with Gasteiger partial charge in [0.2, 0.25) is 11.8 Å². The van der Waals surface area contributed by atoms with E-state index in [9.17, 15) is 18.4 Å². The summed E-state index contributed by atoms with van der Waals surface area (Å²) in [7, 11) is 1.35. The number of benzene rings is 1. The second-order valence-corrected chi connectivity index (χ2v) is 13.8. The molecule has 2 saturated carbocycles. The van der Waals surface area contributed by atoms with E-state index >= 15 is 4.39 Å². The molecule has 1 spiro atoms. The fourth-order valence-electron chi connectivity index (χ4n) is 8.18. The van der Waals surface area contributed by atoms with Gasteiger partial charge in [-0.25, -0.2) is 23.0 Å². The molecule has 5 atom stereocenters. The van der Waals surface area contributed by atoms with Gasteiger partial charge in [0.1, 0.15) is 18.0 Å². The number of alkyl halides is 2. The molecular formula is C30H35ClF3N9O3. The zero-order chi connectivity index (χ0) is 32.4. The van der Waals surface area contributed by atoms with Crippen LogP contribution in [0.3, 0.4) is 0 Å². The molecule has 246 valence electrons. The first kappa shape index (κ1) is 30.9. The van der Waals surface area contributed by atoms with Gasteiger partial charge >= 0.3 is 0 Å². The van der Waals surface area contributed by atoms with Gasteiger partial charge in [0.05, 0.1) is 12.0 Å². The monoisotopic (exact) mass is 661 g/mol. The number of hydrogen-bond acceptors (Lipinski definition) is 8. The van der Waals surface area contributed by atoms with Crippen LogP contribution in [0.2, 0.25) is 5.02 Å². The maximum atomic E-state index is 15.9. The number of amides is 2. The Bertz CT molecular complexity index is 1670. The Morgan fingerprint density at radius 1 is 1.28 bits per heavy atom. The molecule has 0 bridgehead atoms. The number of fused-ring (bicyclic) bond motifs is 1. The molecule has 1 aromatic carbocycles. The summed E-state index contributed by atoms with van der Waals surface area (Å²) in [6.07, 6.45) is 2.28. The van der Waals surface area contributed by atoms with Gasteiger partial charge in [-0.15, -0.1) is 10.2 Å². The summed E-state index contributed by atoms with van der Waals surface area (Å²) < 4.78 is 50.4. The van der Waals surface area contributed by atoms with Gasteiger partial charge in [-0.05, 0) is 65.5 Å². The van der Waals surface area contributed by atoms with Gasteiger partial charge in [0.25, 0.3) is 6.43 Å². The molecule has 4 aliphatic rings.